The Bertz CT molecular complexity index is 277. The molecule has 132 valence electrons. The van der Waals surface area contributed by atoms with Gasteiger partial charge in [0.1, 0.15) is 6.61 Å². The summed E-state index contributed by atoms with van der Waals surface area (Å²) in [5, 5.41) is 0. The molecule has 6 nitrogen and oxygen atoms in total. The van der Waals surface area contributed by atoms with Crippen molar-refractivity contribution in [1.29, 1.82) is 0 Å². The molecule has 2 N–H and O–H groups in total. The van der Waals surface area contributed by atoms with Crippen molar-refractivity contribution in [3.63, 3.8) is 0 Å². The van der Waals surface area contributed by atoms with Crippen molar-refractivity contribution < 1.29 is 14.3 Å². The molecule has 22 heavy (non-hydrogen) atoms. The maximum Gasteiger partial charge on any atom is 0.331 e. The van der Waals surface area contributed by atoms with Crippen LogP contribution in [0.25, 0.3) is 0 Å². The van der Waals surface area contributed by atoms with E-state index in [1.54, 1.807) is 0 Å². The molecule has 1 atom stereocenters. The Hall–Kier alpha value is -0.690. The minimum absolute atomic E-state index is 0.0184. The van der Waals surface area contributed by atoms with Crippen LogP contribution in [-0.4, -0.2) is 82.4 Å². The van der Waals surface area contributed by atoms with Gasteiger partial charge in [-0.1, -0.05) is 13.3 Å². The van der Waals surface area contributed by atoms with Gasteiger partial charge < -0.3 is 25.0 Å². The molecule has 0 aromatic heterocycles. The van der Waals surface area contributed by atoms with E-state index in [1.807, 2.05) is 0 Å². The van der Waals surface area contributed by atoms with Crippen LogP contribution in [0, 0.1) is 0 Å². The van der Waals surface area contributed by atoms with Gasteiger partial charge in [0.15, 0.2) is 0 Å². The van der Waals surface area contributed by atoms with Crippen molar-refractivity contribution >= 4 is 5.97 Å². The summed E-state index contributed by atoms with van der Waals surface area (Å²) < 4.78 is 10.4. The van der Waals surface area contributed by atoms with Gasteiger partial charge >= 0.3 is 5.97 Å². The number of methoxy groups -OCH3 is 1. The molecule has 6 heteroatoms. The van der Waals surface area contributed by atoms with E-state index in [1.165, 1.54) is 20.0 Å². The summed E-state index contributed by atoms with van der Waals surface area (Å²) in [6, 6.07) is 0. The molecule has 0 amide bonds. The van der Waals surface area contributed by atoms with Crippen molar-refractivity contribution in [2.24, 2.45) is 5.73 Å². The fourth-order valence-electron chi connectivity index (χ4n) is 2.18. The fraction of sp³-hybridized carbons (Fsp3) is 0.938. The number of nitrogens with two attached hydrogens (primary N) is 1. The van der Waals surface area contributed by atoms with Gasteiger partial charge in [-0.15, -0.1) is 0 Å². The minimum atomic E-state index is -0.325. The Kier molecular flexibility index (Phi) is 13.5. The molecule has 0 saturated heterocycles. The Labute approximate surface area is 135 Å². The second kappa shape index (κ2) is 13.9. The number of hydrogen-bond donors (Lipinski definition) is 1. The smallest absolute Gasteiger partial charge is 0.331 e. The zero-order valence-electron chi connectivity index (χ0n) is 14.8. The molecule has 0 aliphatic heterocycles. The van der Waals surface area contributed by atoms with Gasteiger partial charge in [-0.3, -0.25) is 0 Å². The van der Waals surface area contributed by atoms with Gasteiger partial charge in [0, 0.05) is 13.1 Å². The average Bonchev–Trinajstić information content (AvgIpc) is 2.52. The van der Waals surface area contributed by atoms with Gasteiger partial charge in [0.05, 0.1) is 13.2 Å². The van der Waals surface area contributed by atoms with Gasteiger partial charge in [-0.25, -0.2) is 4.79 Å². The van der Waals surface area contributed by atoms with Crippen LogP contribution in [-0.2, 0) is 14.3 Å². The summed E-state index contributed by atoms with van der Waals surface area (Å²) >= 11 is 0. The first-order valence-electron chi connectivity index (χ1n) is 8.29. The highest BCUT2D eigenvalue weighted by atomic mass is 16.6. The van der Waals surface area contributed by atoms with Crippen LogP contribution in [0.4, 0.5) is 0 Å². The highest BCUT2D eigenvalue weighted by Gasteiger charge is 2.15. The van der Waals surface area contributed by atoms with Crippen LogP contribution in [0.1, 0.15) is 32.6 Å². The summed E-state index contributed by atoms with van der Waals surface area (Å²) in [5.74, 6) is -0.325. The summed E-state index contributed by atoms with van der Waals surface area (Å²) in [4.78, 5) is 15.8. The third-order valence-corrected chi connectivity index (χ3v) is 3.65. The number of carbonyl (C=O) groups is 1. The SMILES string of the molecule is CCCCN(C)CCC(CN(C)CCCN)OCC(=O)OC. The molecule has 0 rings (SSSR count). The topological polar surface area (TPSA) is 68.0 Å². The molecule has 0 fully saturated rings. The maximum atomic E-state index is 11.3. The Morgan fingerprint density at radius 1 is 1.14 bits per heavy atom. The van der Waals surface area contributed by atoms with Crippen LogP contribution in [0.5, 0.6) is 0 Å². The number of hydrogen-bond acceptors (Lipinski definition) is 6. The number of esters is 1. The lowest BCUT2D eigenvalue weighted by molar-refractivity contribution is -0.148. The normalized spacial score (nSPS) is 12.9. The molecule has 0 radical (unpaired) electrons. The second-order valence-electron chi connectivity index (χ2n) is 5.86. The van der Waals surface area contributed by atoms with Gasteiger partial charge in [0.25, 0.3) is 0 Å². The predicted molar refractivity (Wildman–Crippen MR) is 89.9 cm³/mol. The second-order valence-corrected chi connectivity index (χ2v) is 5.86. The molecule has 0 bridgehead atoms. The average molecular weight is 317 g/mol. The number of likely N-dealkylation sites (N-methyl/N-ethyl adjacent to an activating group) is 1. The molecule has 0 aliphatic rings. The van der Waals surface area contributed by atoms with E-state index >= 15 is 0 Å². The molecule has 1 unspecified atom stereocenters. The lowest BCUT2D eigenvalue weighted by atomic mass is 10.2. The first kappa shape index (κ1) is 21.3. The molecule has 0 saturated carbocycles. The van der Waals surface area contributed by atoms with Crippen molar-refractivity contribution in [3.05, 3.63) is 0 Å². The summed E-state index contributed by atoms with van der Waals surface area (Å²) in [5.41, 5.74) is 5.54. The number of nitrogens with zero attached hydrogens (tertiary/aromatic N) is 2. The largest absolute Gasteiger partial charge is 0.467 e. The lowest BCUT2D eigenvalue weighted by Crippen LogP contribution is -2.36. The van der Waals surface area contributed by atoms with Crippen molar-refractivity contribution in [2.75, 3.05) is 60.5 Å². The first-order valence-corrected chi connectivity index (χ1v) is 8.29. The fourth-order valence-corrected chi connectivity index (χ4v) is 2.18. The third-order valence-electron chi connectivity index (χ3n) is 3.65. The Balaban J connectivity index is 4.22. The number of ether oxygens (including phenoxy) is 2. The monoisotopic (exact) mass is 317 g/mol. The van der Waals surface area contributed by atoms with E-state index in [2.05, 4.69) is 35.6 Å². The zero-order chi connectivity index (χ0) is 16.8. The van der Waals surface area contributed by atoms with Gasteiger partial charge in [-0.2, -0.15) is 0 Å². The summed E-state index contributed by atoms with van der Waals surface area (Å²) in [7, 11) is 5.57. The van der Waals surface area contributed by atoms with E-state index < -0.39 is 0 Å². The van der Waals surface area contributed by atoms with Gasteiger partial charge in [0.2, 0.25) is 0 Å². The molecular formula is C16H35N3O3. The third kappa shape index (κ3) is 11.9. The van der Waals surface area contributed by atoms with Crippen molar-refractivity contribution in [3.8, 4) is 0 Å². The molecule has 0 spiro atoms. The first-order chi connectivity index (χ1) is 10.5. The van der Waals surface area contributed by atoms with E-state index in [9.17, 15) is 4.79 Å². The Morgan fingerprint density at radius 3 is 2.41 bits per heavy atom. The molecule has 0 aromatic carbocycles. The molecular weight excluding hydrogens is 282 g/mol. The van der Waals surface area contributed by atoms with Crippen molar-refractivity contribution in [1.82, 2.24) is 9.80 Å². The molecule has 0 aromatic rings. The van der Waals surface area contributed by atoms with E-state index in [0.29, 0.717) is 6.54 Å². The number of rotatable bonds is 14. The lowest BCUT2D eigenvalue weighted by Gasteiger charge is -2.26. The number of unbranched alkanes of at least 4 members (excludes halogenated alkanes) is 1. The highest BCUT2D eigenvalue weighted by molar-refractivity contribution is 5.70. The van der Waals surface area contributed by atoms with E-state index in [4.69, 9.17) is 10.5 Å². The summed E-state index contributed by atoms with van der Waals surface area (Å²) in [6.45, 7) is 6.73. The van der Waals surface area contributed by atoms with Crippen LogP contribution in [0.15, 0.2) is 0 Å². The quantitative estimate of drug-likeness (QED) is 0.481. The van der Waals surface area contributed by atoms with Crippen LogP contribution in [0.3, 0.4) is 0 Å². The van der Waals surface area contributed by atoms with Gasteiger partial charge in [-0.05, 0) is 53.0 Å². The Morgan fingerprint density at radius 2 is 1.82 bits per heavy atom. The minimum Gasteiger partial charge on any atom is -0.467 e. The van der Waals surface area contributed by atoms with Crippen LogP contribution < -0.4 is 5.73 Å². The van der Waals surface area contributed by atoms with Crippen LogP contribution >= 0.6 is 0 Å². The highest BCUT2D eigenvalue weighted by Crippen LogP contribution is 2.05. The summed E-state index contributed by atoms with van der Waals surface area (Å²) in [6.07, 6.45) is 4.32. The molecule has 0 heterocycles. The standard InChI is InChI=1S/C16H35N3O3/c1-5-6-10-18(2)12-8-15(22-14-16(20)21-4)13-19(3)11-7-9-17/h15H,5-14,17H2,1-4H3. The van der Waals surface area contributed by atoms with E-state index in [0.717, 1.165) is 39.0 Å². The maximum absolute atomic E-state index is 11.3. The molecule has 0 aliphatic carbocycles. The zero-order valence-corrected chi connectivity index (χ0v) is 14.8. The predicted octanol–water partition coefficient (Wildman–Crippen LogP) is 0.947. The van der Waals surface area contributed by atoms with Crippen LogP contribution in [0.2, 0.25) is 0 Å². The van der Waals surface area contributed by atoms with Crippen molar-refractivity contribution in [2.45, 2.75) is 38.7 Å². The van der Waals surface area contributed by atoms with E-state index in [-0.39, 0.29) is 18.7 Å². The number of carbonyl (C=O) groups excluding carboxylic acids is 1.